The minimum absolute atomic E-state index is 0.0621. The van der Waals surface area contributed by atoms with Crippen LogP contribution >= 0.6 is 0 Å². The first-order valence-electron chi connectivity index (χ1n) is 7.38. The molecule has 1 aromatic heterocycles. The van der Waals surface area contributed by atoms with Gasteiger partial charge >= 0.3 is 0 Å². The van der Waals surface area contributed by atoms with Crippen molar-refractivity contribution in [2.24, 2.45) is 0 Å². The minimum atomic E-state index is 0.0621. The summed E-state index contributed by atoms with van der Waals surface area (Å²) in [6, 6.07) is 14.1. The zero-order chi connectivity index (χ0) is 14.5. The summed E-state index contributed by atoms with van der Waals surface area (Å²) < 4.78 is 5.20. The normalized spacial score (nSPS) is 19.0. The molecule has 2 heterocycles. The summed E-state index contributed by atoms with van der Waals surface area (Å²) in [7, 11) is 0. The molecule has 3 heteroatoms. The summed E-state index contributed by atoms with van der Waals surface area (Å²) in [5, 5.41) is 0. The Morgan fingerprint density at radius 2 is 2.05 bits per heavy atom. The van der Waals surface area contributed by atoms with Crippen LogP contribution in [0.15, 0.2) is 59.2 Å². The predicted octanol–water partition coefficient (Wildman–Crippen LogP) is 3.70. The van der Waals surface area contributed by atoms with Crippen molar-refractivity contribution in [1.82, 2.24) is 4.90 Å². The van der Waals surface area contributed by atoms with Crippen LogP contribution in [-0.2, 0) is 4.79 Å². The second-order valence-corrected chi connectivity index (χ2v) is 5.38. The van der Waals surface area contributed by atoms with Crippen molar-refractivity contribution >= 4 is 12.0 Å². The molecular weight excluding hydrogens is 262 g/mol. The maximum atomic E-state index is 12.3. The van der Waals surface area contributed by atoms with E-state index in [0.717, 1.165) is 25.9 Å². The quantitative estimate of drug-likeness (QED) is 0.804. The van der Waals surface area contributed by atoms with Gasteiger partial charge in [-0.25, -0.2) is 0 Å². The van der Waals surface area contributed by atoms with E-state index in [1.807, 2.05) is 23.1 Å². The summed E-state index contributed by atoms with van der Waals surface area (Å²) in [6.07, 6.45) is 7.15. The Kier molecular flexibility index (Phi) is 4.20. The molecule has 0 spiro atoms. The van der Waals surface area contributed by atoms with Gasteiger partial charge in [0.15, 0.2) is 0 Å². The average Bonchev–Trinajstić information content (AvgIpc) is 3.07. The number of nitrogens with zero attached hydrogens (tertiary/aromatic N) is 1. The fraction of sp³-hybridized carbons (Fsp3) is 0.278. The van der Waals surface area contributed by atoms with Gasteiger partial charge < -0.3 is 9.32 Å². The largest absolute Gasteiger partial charge is 0.465 e. The smallest absolute Gasteiger partial charge is 0.246 e. The molecule has 0 saturated carbocycles. The molecule has 2 aromatic rings. The highest BCUT2D eigenvalue weighted by molar-refractivity contribution is 5.91. The number of hydrogen-bond donors (Lipinski definition) is 0. The van der Waals surface area contributed by atoms with Crippen molar-refractivity contribution in [2.45, 2.75) is 18.8 Å². The van der Waals surface area contributed by atoms with Crippen molar-refractivity contribution in [1.29, 1.82) is 0 Å². The molecule has 1 fully saturated rings. The van der Waals surface area contributed by atoms with Gasteiger partial charge in [-0.2, -0.15) is 0 Å². The molecule has 0 radical (unpaired) electrons. The summed E-state index contributed by atoms with van der Waals surface area (Å²) in [5.41, 5.74) is 1.32. The fourth-order valence-electron chi connectivity index (χ4n) is 2.82. The van der Waals surface area contributed by atoms with Crippen molar-refractivity contribution in [3.8, 4) is 0 Å². The van der Waals surface area contributed by atoms with Crippen LogP contribution in [0.1, 0.15) is 30.1 Å². The van der Waals surface area contributed by atoms with Gasteiger partial charge in [0.2, 0.25) is 5.91 Å². The Bertz CT molecular complexity index is 601. The molecule has 1 aromatic carbocycles. The Labute approximate surface area is 124 Å². The average molecular weight is 281 g/mol. The molecule has 1 amide bonds. The van der Waals surface area contributed by atoms with Crippen LogP contribution in [-0.4, -0.2) is 23.9 Å². The Morgan fingerprint density at radius 3 is 2.81 bits per heavy atom. The van der Waals surface area contributed by atoms with Crippen molar-refractivity contribution in [2.75, 3.05) is 13.1 Å². The summed E-state index contributed by atoms with van der Waals surface area (Å²) in [6.45, 7) is 1.63. The lowest BCUT2D eigenvalue weighted by Crippen LogP contribution is -2.38. The van der Waals surface area contributed by atoms with Crippen LogP contribution in [0.25, 0.3) is 6.08 Å². The SMILES string of the molecule is O=C(/C=C/c1ccco1)N1CCC[C@H](c2ccccc2)C1. The Morgan fingerprint density at radius 1 is 1.19 bits per heavy atom. The molecule has 0 N–H and O–H groups in total. The lowest BCUT2D eigenvalue weighted by Gasteiger charge is -2.32. The van der Waals surface area contributed by atoms with Crippen molar-refractivity contribution < 1.29 is 9.21 Å². The number of carbonyl (C=O) groups excluding carboxylic acids is 1. The van der Waals surface area contributed by atoms with Crippen molar-refractivity contribution in [3.63, 3.8) is 0 Å². The van der Waals surface area contributed by atoms with Crippen LogP contribution < -0.4 is 0 Å². The van der Waals surface area contributed by atoms with Gasteiger partial charge in [-0.1, -0.05) is 30.3 Å². The zero-order valence-electron chi connectivity index (χ0n) is 11.9. The van der Waals surface area contributed by atoms with Gasteiger partial charge in [-0.05, 0) is 36.6 Å². The summed E-state index contributed by atoms with van der Waals surface area (Å²) >= 11 is 0. The molecular formula is C18H19NO2. The second-order valence-electron chi connectivity index (χ2n) is 5.38. The third-order valence-electron chi connectivity index (χ3n) is 3.94. The van der Waals surface area contributed by atoms with Crippen molar-refractivity contribution in [3.05, 3.63) is 66.1 Å². The highest BCUT2D eigenvalue weighted by Gasteiger charge is 2.23. The first-order chi connectivity index (χ1) is 10.3. The molecule has 1 aliphatic rings. The second kappa shape index (κ2) is 6.44. The van der Waals surface area contributed by atoms with Gasteiger partial charge in [0.1, 0.15) is 5.76 Å². The Balaban J connectivity index is 1.64. The summed E-state index contributed by atoms with van der Waals surface area (Å²) in [4.78, 5) is 14.2. The first-order valence-corrected chi connectivity index (χ1v) is 7.38. The number of rotatable bonds is 3. The topological polar surface area (TPSA) is 33.5 Å². The highest BCUT2D eigenvalue weighted by Crippen LogP contribution is 2.26. The molecule has 3 nitrogen and oxygen atoms in total. The Hall–Kier alpha value is -2.29. The number of likely N-dealkylation sites (tertiary alicyclic amines) is 1. The van der Waals surface area contributed by atoms with Crippen LogP contribution in [0.2, 0.25) is 0 Å². The molecule has 1 aliphatic heterocycles. The van der Waals surface area contributed by atoms with E-state index in [1.54, 1.807) is 18.4 Å². The van der Waals surface area contributed by atoms with E-state index in [2.05, 4.69) is 24.3 Å². The number of benzene rings is 1. The van der Waals surface area contributed by atoms with Crippen LogP contribution in [0.4, 0.5) is 0 Å². The number of furan rings is 1. The minimum Gasteiger partial charge on any atom is -0.465 e. The molecule has 1 saturated heterocycles. The molecule has 0 unspecified atom stereocenters. The van der Waals surface area contributed by atoms with E-state index in [4.69, 9.17) is 4.42 Å². The van der Waals surface area contributed by atoms with Gasteiger partial charge in [0, 0.05) is 25.1 Å². The first kappa shape index (κ1) is 13.7. The van der Waals surface area contributed by atoms with E-state index < -0.39 is 0 Å². The number of carbonyl (C=O) groups is 1. The number of amides is 1. The molecule has 21 heavy (non-hydrogen) atoms. The van der Waals surface area contributed by atoms with E-state index in [0.29, 0.717) is 11.7 Å². The van der Waals surface area contributed by atoms with Gasteiger partial charge in [-0.15, -0.1) is 0 Å². The van der Waals surface area contributed by atoms with Gasteiger partial charge in [0.25, 0.3) is 0 Å². The molecule has 0 bridgehead atoms. The maximum absolute atomic E-state index is 12.3. The lowest BCUT2D eigenvalue weighted by atomic mass is 9.90. The third kappa shape index (κ3) is 3.43. The van der Waals surface area contributed by atoms with Gasteiger partial charge in [0.05, 0.1) is 6.26 Å². The summed E-state index contributed by atoms with van der Waals surface area (Å²) in [5.74, 6) is 1.22. The molecule has 3 rings (SSSR count). The van der Waals surface area contributed by atoms with Crippen LogP contribution in [0.5, 0.6) is 0 Å². The van der Waals surface area contributed by atoms with E-state index in [-0.39, 0.29) is 5.91 Å². The fourth-order valence-corrected chi connectivity index (χ4v) is 2.82. The van der Waals surface area contributed by atoms with E-state index in [1.165, 1.54) is 5.56 Å². The molecule has 108 valence electrons. The molecule has 1 atom stereocenters. The number of hydrogen-bond acceptors (Lipinski definition) is 2. The maximum Gasteiger partial charge on any atom is 0.246 e. The standard InChI is InChI=1S/C18H19NO2/c20-18(11-10-17-9-5-13-21-17)19-12-4-8-16(14-19)15-6-2-1-3-7-15/h1-3,5-7,9-11,13,16H,4,8,12,14H2/b11-10+/t16-/m0/s1. The van der Waals surface area contributed by atoms with E-state index >= 15 is 0 Å². The van der Waals surface area contributed by atoms with Crippen LogP contribution in [0, 0.1) is 0 Å². The van der Waals surface area contributed by atoms with Crippen LogP contribution in [0.3, 0.4) is 0 Å². The predicted molar refractivity (Wildman–Crippen MR) is 82.7 cm³/mol. The number of piperidine rings is 1. The highest BCUT2D eigenvalue weighted by atomic mass is 16.3. The molecule has 0 aliphatic carbocycles. The third-order valence-corrected chi connectivity index (χ3v) is 3.94. The monoisotopic (exact) mass is 281 g/mol. The van der Waals surface area contributed by atoms with Gasteiger partial charge in [-0.3, -0.25) is 4.79 Å². The lowest BCUT2D eigenvalue weighted by molar-refractivity contribution is -0.127. The van der Waals surface area contributed by atoms with E-state index in [9.17, 15) is 4.79 Å². The zero-order valence-corrected chi connectivity index (χ0v) is 11.9.